The molecule has 1 aliphatic rings. The number of aromatic hydroxyl groups is 1. The van der Waals surface area contributed by atoms with Crippen LogP contribution in [0.3, 0.4) is 0 Å². The molecule has 3 N–H and O–H groups in total. The molecule has 1 fully saturated rings. The van der Waals surface area contributed by atoms with Gasteiger partial charge in [-0.1, -0.05) is 19.1 Å². The van der Waals surface area contributed by atoms with Crippen molar-refractivity contribution in [2.75, 3.05) is 6.54 Å². The monoisotopic (exact) mass is 433 g/mol. The van der Waals surface area contributed by atoms with Gasteiger partial charge in [0.25, 0.3) is 0 Å². The predicted molar refractivity (Wildman–Crippen MR) is 117 cm³/mol. The Morgan fingerprint density at radius 2 is 1.81 bits per heavy atom. The van der Waals surface area contributed by atoms with E-state index in [1.807, 2.05) is 27.7 Å². The summed E-state index contributed by atoms with van der Waals surface area (Å²) in [7, 11) is 0. The Hall–Kier alpha value is -2.77. The van der Waals surface area contributed by atoms with Gasteiger partial charge in [-0.25, -0.2) is 4.79 Å². The van der Waals surface area contributed by atoms with E-state index in [-0.39, 0.29) is 30.2 Å². The molecule has 3 amide bonds. The molecule has 0 radical (unpaired) electrons. The molecule has 0 bridgehead atoms. The first kappa shape index (κ1) is 24.5. The van der Waals surface area contributed by atoms with Gasteiger partial charge in [0.1, 0.15) is 23.9 Å². The highest BCUT2D eigenvalue weighted by atomic mass is 16.6. The average Bonchev–Trinajstić information content (AvgIpc) is 3.30. The SMILES string of the molecule is CC1CC1N(C(=O)CNC(=O)OC(C)(C)C)C(C(=O)NC(C)(C)C)c1cccc(O)c1. The Morgan fingerprint density at radius 1 is 1.19 bits per heavy atom. The highest BCUT2D eigenvalue weighted by Gasteiger charge is 2.46. The van der Waals surface area contributed by atoms with Crippen LogP contribution in [-0.4, -0.2) is 51.6 Å². The lowest BCUT2D eigenvalue weighted by Crippen LogP contribution is -2.52. The Morgan fingerprint density at radius 3 is 2.29 bits per heavy atom. The van der Waals surface area contributed by atoms with Crippen LogP contribution in [0.2, 0.25) is 0 Å². The summed E-state index contributed by atoms with van der Waals surface area (Å²) in [5.74, 6) is -0.498. The zero-order valence-electron chi connectivity index (χ0n) is 19.5. The van der Waals surface area contributed by atoms with Crippen LogP contribution in [0, 0.1) is 5.92 Å². The van der Waals surface area contributed by atoms with Gasteiger partial charge in [-0.3, -0.25) is 9.59 Å². The summed E-state index contributed by atoms with van der Waals surface area (Å²) in [5, 5.41) is 15.4. The topological polar surface area (TPSA) is 108 Å². The quantitative estimate of drug-likeness (QED) is 0.639. The number of alkyl carbamates (subject to hydrolysis) is 1. The van der Waals surface area contributed by atoms with Crippen LogP contribution in [0.1, 0.15) is 66.5 Å². The van der Waals surface area contributed by atoms with Gasteiger partial charge in [-0.05, 0) is 71.6 Å². The lowest BCUT2D eigenvalue weighted by molar-refractivity contribution is -0.141. The number of carbonyl (C=O) groups excluding carboxylic acids is 3. The minimum atomic E-state index is -0.936. The highest BCUT2D eigenvalue weighted by molar-refractivity contribution is 5.91. The molecule has 31 heavy (non-hydrogen) atoms. The smallest absolute Gasteiger partial charge is 0.408 e. The molecule has 3 atom stereocenters. The van der Waals surface area contributed by atoms with Crippen LogP contribution in [-0.2, 0) is 14.3 Å². The van der Waals surface area contributed by atoms with Gasteiger partial charge < -0.3 is 25.4 Å². The molecule has 1 aromatic rings. The molecule has 1 saturated carbocycles. The molecule has 2 rings (SSSR count). The molecule has 0 aromatic heterocycles. The van der Waals surface area contributed by atoms with Gasteiger partial charge in [-0.2, -0.15) is 0 Å². The number of ether oxygens (including phenoxy) is 1. The van der Waals surface area contributed by atoms with Crippen molar-refractivity contribution >= 4 is 17.9 Å². The molecular weight excluding hydrogens is 398 g/mol. The normalized spacial score (nSPS) is 19.2. The molecule has 1 aliphatic carbocycles. The van der Waals surface area contributed by atoms with E-state index in [4.69, 9.17) is 4.74 Å². The van der Waals surface area contributed by atoms with Crippen LogP contribution < -0.4 is 10.6 Å². The molecular formula is C23H35N3O5. The highest BCUT2D eigenvalue weighted by Crippen LogP contribution is 2.40. The number of nitrogens with zero attached hydrogens (tertiary/aromatic N) is 1. The minimum absolute atomic E-state index is 0.00850. The predicted octanol–water partition coefficient (Wildman–Crippen LogP) is 3.11. The lowest BCUT2D eigenvalue weighted by Gasteiger charge is -2.34. The summed E-state index contributed by atoms with van der Waals surface area (Å²) in [5.41, 5.74) is -0.689. The van der Waals surface area contributed by atoms with E-state index < -0.39 is 29.2 Å². The van der Waals surface area contributed by atoms with Crippen molar-refractivity contribution in [3.8, 4) is 5.75 Å². The molecule has 0 aliphatic heterocycles. The number of rotatable bonds is 6. The molecule has 8 heteroatoms. The number of benzene rings is 1. The van der Waals surface area contributed by atoms with E-state index in [0.717, 1.165) is 6.42 Å². The van der Waals surface area contributed by atoms with Crippen LogP contribution in [0.25, 0.3) is 0 Å². The van der Waals surface area contributed by atoms with Gasteiger partial charge >= 0.3 is 6.09 Å². The first-order chi connectivity index (χ1) is 14.2. The van der Waals surface area contributed by atoms with Crippen molar-refractivity contribution in [3.63, 3.8) is 0 Å². The summed E-state index contributed by atoms with van der Waals surface area (Å²) in [6.07, 6.45) is 0.0636. The number of phenols is 1. The van der Waals surface area contributed by atoms with E-state index in [2.05, 4.69) is 10.6 Å². The van der Waals surface area contributed by atoms with E-state index in [1.54, 1.807) is 32.9 Å². The fourth-order valence-electron chi connectivity index (χ4n) is 3.33. The summed E-state index contributed by atoms with van der Waals surface area (Å²) in [4.78, 5) is 40.1. The Labute approximate surface area is 184 Å². The third-order valence-corrected chi connectivity index (χ3v) is 4.71. The van der Waals surface area contributed by atoms with E-state index in [9.17, 15) is 19.5 Å². The maximum atomic E-state index is 13.3. The van der Waals surface area contributed by atoms with Gasteiger partial charge in [-0.15, -0.1) is 0 Å². The van der Waals surface area contributed by atoms with Crippen molar-refractivity contribution in [2.24, 2.45) is 5.92 Å². The Balaban J connectivity index is 2.32. The van der Waals surface area contributed by atoms with Crippen LogP contribution in [0.4, 0.5) is 4.79 Å². The largest absolute Gasteiger partial charge is 0.508 e. The second-order valence-electron chi connectivity index (χ2n) is 10.2. The molecule has 0 spiro atoms. The summed E-state index contributed by atoms with van der Waals surface area (Å²) in [6.45, 7) is 12.5. The van der Waals surface area contributed by atoms with Crippen molar-refractivity contribution < 1.29 is 24.2 Å². The number of hydrogen-bond donors (Lipinski definition) is 3. The van der Waals surface area contributed by atoms with Crippen LogP contribution in [0.15, 0.2) is 24.3 Å². The zero-order valence-corrected chi connectivity index (χ0v) is 19.5. The molecule has 172 valence electrons. The maximum absolute atomic E-state index is 13.3. The van der Waals surface area contributed by atoms with Crippen molar-refractivity contribution in [1.29, 1.82) is 0 Å². The fourth-order valence-corrected chi connectivity index (χ4v) is 3.33. The number of amides is 3. The first-order valence-corrected chi connectivity index (χ1v) is 10.6. The Bertz CT molecular complexity index is 825. The summed E-state index contributed by atoms with van der Waals surface area (Å²) >= 11 is 0. The number of nitrogens with one attached hydrogen (secondary N) is 2. The van der Waals surface area contributed by atoms with Gasteiger partial charge in [0, 0.05) is 11.6 Å². The van der Waals surface area contributed by atoms with E-state index in [0.29, 0.717) is 5.56 Å². The van der Waals surface area contributed by atoms with Crippen molar-refractivity contribution in [2.45, 2.75) is 78.1 Å². The first-order valence-electron chi connectivity index (χ1n) is 10.6. The van der Waals surface area contributed by atoms with Crippen molar-refractivity contribution in [3.05, 3.63) is 29.8 Å². The van der Waals surface area contributed by atoms with Gasteiger partial charge in [0.2, 0.25) is 11.8 Å². The molecule has 0 saturated heterocycles. The lowest BCUT2D eigenvalue weighted by atomic mass is 10.0. The van der Waals surface area contributed by atoms with Crippen LogP contribution in [0.5, 0.6) is 5.75 Å². The van der Waals surface area contributed by atoms with E-state index >= 15 is 0 Å². The summed E-state index contributed by atoms with van der Waals surface area (Å²) in [6, 6.07) is 5.28. The third kappa shape index (κ3) is 7.45. The molecule has 1 aromatic carbocycles. The number of phenolic OH excluding ortho intramolecular Hbond substituents is 1. The standard InChI is InChI=1S/C23H35N3O5/c1-14-11-17(14)26(18(28)13-24-21(30)31-23(5,6)7)19(20(29)25-22(2,3)4)15-9-8-10-16(27)12-15/h8-10,12,14,17,19,27H,11,13H2,1-7H3,(H,24,30)(H,25,29). The number of hydrogen-bond acceptors (Lipinski definition) is 5. The zero-order chi connectivity index (χ0) is 23.6. The van der Waals surface area contributed by atoms with Gasteiger partial charge in [0.15, 0.2) is 0 Å². The third-order valence-electron chi connectivity index (χ3n) is 4.71. The average molecular weight is 434 g/mol. The van der Waals surface area contributed by atoms with Crippen LogP contribution >= 0.6 is 0 Å². The molecule has 3 unspecified atom stereocenters. The second-order valence-corrected chi connectivity index (χ2v) is 10.2. The minimum Gasteiger partial charge on any atom is -0.508 e. The van der Waals surface area contributed by atoms with Gasteiger partial charge in [0.05, 0.1) is 0 Å². The second kappa shape index (κ2) is 9.16. The van der Waals surface area contributed by atoms with Crippen molar-refractivity contribution in [1.82, 2.24) is 15.5 Å². The Kier molecular flexibility index (Phi) is 7.24. The maximum Gasteiger partial charge on any atom is 0.408 e. The molecule has 0 heterocycles. The summed E-state index contributed by atoms with van der Waals surface area (Å²) < 4.78 is 5.21. The fraction of sp³-hybridized carbons (Fsp3) is 0.609. The molecule has 8 nitrogen and oxygen atoms in total. The van der Waals surface area contributed by atoms with E-state index in [1.165, 1.54) is 17.0 Å². The number of carbonyl (C=O) groups is 3.